The maximum absolute atomic E-state index is 6.31. The summed E-state index contributed by atoms with van der Waals surface area (Å²) in [6.07, 6.45) is 7.56. The summed E-state index contributed by atoms with van der Waals surface area (Å²) in [6.45, 7) is 7.09. The van der Waals surface area contributed by atoms with Crippen LogP contribution in [0, 0.1) is 5.92 Å². The number of hydrogen-bond donors (Lipinski definition) is 3. The minimum Gasteiger partial charge on any atom is -0.493 e. The maximum Gasteiger partial charge on any atom is 0.161 e. The zero-order valence-corrected chi connectivity index (χ0v) is 17.1. The van der Waals surface area contributed by atoms with Crippen LogP contribution in [-0.2, 0) is 0 Å². The molecule has 2 aromatic rings. The van der Waals surface area contributed by atoms with E-state index in [0.717, 1.165) is 30.8 Å². The van der Waals surface area contributed by atoms with Crippen molar-refractivity contribution in [2.75, 3.05) is 33.9 Å². The number of aromatic nitrogens is 2. The van der Waals surface area contributed by atoms with Gasteiger partial charge in [-0.25, -0.2) is 4.98 Å². The summed E-state index contributed by atoms with van der Waals surface area (Å²) in [5.41, 5.74) is 7.98. The summed E-state index contributed by atoms with van der Waals surface area (Å²) in [5, 5.41) is 8.03. The van der Waals surface area contributed by atoms with E-state index >= 15 is 0 Å². The molecule has 0 aliphatic carbocycles. The molecule has 4 N–H and O–H groups in total. The standard InChI is InChI=1S/C22H29N5O2/c1-15(17-6-7-19(28-2)20(12-17)29-3)11-18-21(26-10-9-25-18)22(23)27-14-16-5-4-8-24-13-16/h6-7,9-12,16,24,27H,1,4-5,8,13-14,23H2,2-3H3/b18-11+,22-21-/t16-/m1/s1. The van der Waals surface area contributed by atoms with Gasteiger partial charge in [0.15, 0.2) is 11.5 Å². The van der Waals surface area contributed by atoms with E-state index in [2.05, 4.69) is 27.2 Å². The van der Waals surface area contributed by atoms with E-state index < -0.39 is 0 Å². The smallest absolute Gasteiger partial charge is 0.161 e. The summed E-state index contributed by atoms with van der Waals surface area (Å²) in [6, 6.07) is 5.66. The van der Waals surface area contributed by atoms with E-state index in [1.165, 1.54) is 12.8 Å². The van der Waals surface area contributed by atoms with Gasteiger partial charge in [-0.05, 0) is 61.2 Å². The van der Waals surface area contributed by atoms with E-state index in [9.17, 15) is 0 Å². The van der Waals surface area contributed by atoms with E-state index in [0.29, 0.717) is 33.9 Å². The van der Waals surface area contributed by atoms with Crippen LogP contribution >= 0.6 is 0 Å². The Bertz CT molecular complexity index is 967. The number of nitrogens with two attached hydrogens (primary N) is 1. The van der Waals surface area contributed by atoms with Gasteiger partial charge >= 0.3 is 0 Å². The third kappa shape index (κ3) is 5.26. The first-order valence-electron chi connectivity index (χ1n) is 9.76. The average Bonchev–Trinajstić information content (AvgIpc) is 2.78. The third-order valence-corrected chi connectivity index (χ3v) is 5.03. The van der Waals surface area contributed by atoms with Crippen LogP contribution in [0.5, 0.6) is 11.5 Å². The minimum absolute atomic E-state index is 0.523. The van der Waals surface area contributed by atoms with Crippen LogP contribution in [0.25, 0.3) is 17.5 Å². The minimum atomic E-state index is 0.523. The predicted octanol–water partition coefficient (Wildman–Crippen LogP) is 0.601. The quantitative estimate of drug-likeness (QED) is 0.632. The van der Waals surface area contributed by atoms with Crippen LogP contribution < -0.4 is 36.5 Å². The van der Waals surface area contributed by atoms with Crippen LogP contribution in [-0.4, -0.2) is 43.8 Å². The van der Waals surface area contributed by atoms with Crippen molar-refractivity contribution in [1.82, 2.24) is 20.6 Å². The Morgan fingerprint density at radius 3 is 2.79 bits per heavy atom. The highest BCUT2D eigenvalue weighted by molar-refractivity contribution is 5.87. The van der Waals surface area contributed by atoms with Crippen molar-refractivity contribution in [2.24, 2.45) is 11.7 Å². The van der Waals surface area contributed by atoms with Gasteiger partial charge in [0.1, 0.15) is 11.2 Å². The summed E-state index contributed by atoms with van der Waals surface area (Å²) in [4.78, 5) is 8.88. The molecule has 0 bridgehead atoms. The monoisotopic (exact) mass is 395 g/mol. The lowest BCUT2D eigenvalue weighted by molar-refractivity contribution is 0.355. The van der Waals surface area contributed by atoms with Crippen molar-refractivity contribution in [3.63, 3.8) is 0 Å². The number of hydrogen-bond acceptors (Lipinski definition) is 7. The number of benzene rings is 1. The number of methoxy groups -OCH3 is 2. The molecule has 1 aromatic heterocycles. The van der Waals surface area contributed by atoms with Gasteiger partial charge in [0.25, 0.3) is 0 Å². The van der Waals surface area contributed by atoms with E-state index in [4.69, 9.17) is 15.2 Å². The maximum atomic E-state index is 6.31. The number of allylic oxidation sites excluding steroid dienone is 1. The molecule has 1 aromatic carbocycles. The van der Waals surface area contributed by atoms with Gasteiger partial charge < -0.3 is 25.8 Å². The van der Waals surface area contributed by atoms with Crippen LogP contribution in [0.1, 0.15) is 18.4 Å². The van der Waals surface area contributed by atoms with Crippen LogP contribution in [0.3, 0.4) is 0 Å². The number of nitrogens with one attached hydrogen (secondary N) is 2. The Labute approximate surface area is 171 Å². The average molecular weight is 396 g/mol. The van der Waals surface area contributed by atoms with Gasteiger partial charge in [-0.2, -0.15) is 0 Å². The lowest BCUT2D eigenvalue weighted by atomic mass is 10.00. The molecule has 3 rings (SSSR count). The second-order valence-electron chi connectivity index (χ2n) is 7.04. The van der Waals surface area contributed by atoms with Crippen molar-refractivity contribution < 1.29 is 9.47 Å². The molecule has 7 heteroatoms. The summed E-state index contributed by atoms with van der Waals surface area (Å²) in [7, 11) is 3.22. The number of rotatable bonds is 7. The van der Waals surface area contributed by atoms with Crippen molar-refractivity contribution in [3.8, 4) is 11.5 Å². The highest BCUT2D eigenvalue weighted by Crippen LogP contribution is 2.30. The molecule has 29 heavy (non-hydrogen) atoms. The fraction of sp³-hybridized carbons (Fsp3) is 0.364. The SMILES string of the molecule is C=C(/C=c1/nccn/c1=C(/N)NC[C@@H]1CCCNC1)c1ccc(OC)c(OC)c1. The highest BCUT2D eigenvalue weighted by Gasteiger charge is 2.12. The van der Waals surface area contributed by atoms with Gasteiger partial charge in [0.2, 0.25) is 0 Å². The molecule has 1 fully saturated rings. The Morgan fingerprint density at radius 1 is 1.28 bits per heavy atom. The molecule has 0 unspecified atom stereocenters. The van der Waals surface area contributed by atoms with E-state index in [1.54, 1.807) is 26.6 Å². The number of piperidine rings is 1. The van der Waals surface area contributed by atoms with Crippen molar-refractivity contribution >= 4 is 17.5 Å². The first-order valence-corrected chi connectivity index (χ1v) is 9.76. The summed E-state index contributed by atoms with van der Waals surface area (Å²) in [5.74, 6) is 2.40. The van der Waals surface area contributed by atoms with Crippen LogP contribution in [0.4, 0.5) is 0 Å². The Morgan fingerprint density at radius 2 is 2.07 bits per heavy atom. The van der Waals surface area contributed by atoms with Gasteiger partial charge in [-0.1, -0.05) is 12.6 Å². The summed E-state index contributed by atoms with van der Waals surface area (Å²) >= 11 is 0. The molecule has 1 saturated heterocycles. The van der Waals surface area contributed by atoms with Gasteiger partial charge in [0, 0.05) is 18.9 Å². The molecule has 1 aliphatic rings. The fourth-order valence-electron chi connectivity index (χ4n) is 3.38. The molecule has 0 spiro atoms. The van der Waals surface area contributed by atoms with E-state index in [1.807, 2.05) is 24.3 Å². The normalized spacial score (nSPS) is 18.1. The Balaban J connectivity index is 1.87. The zero-order chi connectivity index (χ0) is 20.6. The molecule has 0 amide bonds. The molecular weight excluding hydrogens is 366 g/mol. The largest absolute Gasteiger partial charge is 0.493 e. The van der Waals surface area contributed by atoms with E-state index in [-0.39, 0.29) is 0 Å². The van der Waals surface area contributed by atoms with Crippen molar-refractivity contribution in [1.29, 1.82) is 0 Å². The lowest BCUT2D eigenvalue weighted by Gasteiger charge is -2.23. The predicted molar refractivity (Wildman–Crippen MR) is 116 cm³/mol. The van der Waals surface area contributed by atoms with Crippen molar-refractivity contribution in [3.05, 3.63) is 53.4 Å². The number of ether oxygens (including phenoxy) is 2. The first-order chi connectivity index (χ1) is 14.1. The van der Waals surface area contributed by atoms with Gasteiger partial charge in [-0.15, -0.1) is 0 Å². The van der Waals surface area contributed by atoms with Crippen LogP contribution in [0.15, 0.2) is 37.2 Å². The highest BCUT2D eigenvalue weighted by atomic mass is 16.5. The molecule has 0 radical (unpaired) electrons. The van der Waals surface area contributed by atoms with Gasteiger partial charge in [-0.3, -0.25) is 4.98 Å². The molecule has 2 heterocycles. The topological polar surface area (TPSA) is 94.3 Å². The molecule has 154 valence electrons. The van der Waals surface area contributed by atoms with Crippen molar-refractivity contribution in [2.45, 2.75) is 12.8 Å². The third-order valence-electron chi connectivity index (χ3n) is 5.03. The summed E-state index contributed by atoms with van der Waals surface area (Å²) < 4.78 is 10.7. The second kappa shape index (κ2) is 9.93. The van der Waals surface area contributed by atoms with Gasteiger partial charge in [0.05, 0.1) is 19.6 Å². The fourth-order valence-corrected chi connectivity index (χ4v) is 3.38. The van der Waals surface area contributed by atoms with Crippen LogP contribution in [0.2, 0.25) is 0 Å². The molecule has 1 aliphatic heterocycles. The molecular formula is C22H29N5O2. The zero-order valence-electron chi connectivity index (χ0n) is 17.1. The molecule has 7 nitrogen and oxygen atoms in total. The first kappa shape index (κ1) is 20.7. The Hall–Kier alpha value is -3.06. The Kier molecular flexibility index (Phi) is 7.08. The molecule has 0 saturated carbocycles. The second-order valence-corrected chi connectivity index (χ2v) is 7.04. The molecule has 1 atom stereocenters. The number of nitrogens with zero attached hydrogens (tertiary/aromatic N) is 2. The lowest BCUT2D eigenvalue weighted by Crippen LogP contribution is -2.42.